The normalized spacial score (nSPS) is 11.8. The molecule has 1 amide bonds. The molecule has 0 fully saturated rings. The number of carbonyl (C=O) groups excluding carboxylic acids is 1. The summed E-state index contributed by atoms with van der Waals surface area (Å²) in [7, 11) is 0. The van der Waals surface area contributed by atoms with E-state index in [2.05, 4.69) is 15.3 Å². The van der Waals surface area contributed by atoms with Gasteiger partial charge in [-0.25, -0.2) is 4.39 Å². The monoisotopic (exact) mass is 368 g/mol. The molecule has 0 bridgehead atoms. The van der Waals surface area contributed by atoms with E-state index in [9.17, 15) is 14.0 Å². The summed E-state index contributed by atoms with van der Waals surface area (Å²) >= 11 is 0. The van der Waals surface area contributed by atoms with Gasteiger partial charge in [-0.1, -0.05) is 0 Å². The van der Waals surface area contributed by atoms with Gasteiger partial charge in [-0.15, -0.1) is 0 Å². The van der Waals surface area contributed by atoms with E-state index in [-0.39, 0.29) is 21.2 Å². The number of carbonyl (C=O) groups is 1. The van der Waals surface area contributed by atoms with E-state index in [1.165, 1.54) is 18.3 Å². The van der Waals surface area contributed by atoms with E-state index in [1.807, 2.05) is 6.07 Å². The number of nitrogens with zero attached hydrogens (tertiary/aromatic N) is 2. The molecule has 1 aromatic carbocycles. The number of amides is 1. The predicted octanol–water partition coefficient (Wildman–Crippen LogP) is 3.15. The van der Waals surface area contributed by atoms with E-state index >= 15 is 0 Å². The van der Waals surface area contributed by atoms with Crippen LogP contribution in [0.3, 0.4) is 0 Å². The van der Waals surface area contributed by atoms with Crippen molar-refractivity contribution >= 4 is 16.8 Å². The Labute approximate surface area is 157 Å². The largest absolute Gasteiger partial charge is 0.348 e. The molecule has 7 heteroatoms. The van der Waals surface area contributed by atoms with E-state index in [0.717, 1.165) is 0 Å². The number of pyridine rings is 2. The molecule has 27 heavy (non-hydrogen) atoms. The number of aryl methyl sites for hydroxylation is 1. The third kappa shape index (κ3) is 3.85. The van der Waals surface area contributed by atoms with Crippen LogP contribution < -0.4 is 10.9 Å². The number of nitrogens with one attached hydrogen (secondary N) is 2. The molecule has 0 aliphatic rings. The number of nitriles is 1. The molecule has 6 nitrogen and oxygen atoms in total. The Hall–Kier alpha value is -3.53. The first-order chi connectivity index (χ1) is 12.9. The maximum absolute atomic E-state index is 13.4. The lowest BCUT2D eigenvalue weighted by molar-refractivity contribution is -0.121. The number of H-pyrrole nitrogens is 1. The lowest BCUT2D eigenvalue weighted by atomic mass is 10.0. The van der Waals surface area contributed by atoms with Crippen LogP contribution in [0, 0.1) is 24.1 Å². The van der Waals surface area contributed by atoms with Gasteiger partial charge in [-0.05, 0) is 49.7 Å². The lowest BCUT2D eigenvalue weighted by Gasteiger charge is -2.14. The first-order valence-electron chi connectivity index (χ1n) is 8.35. The second kappa shape index (κ2) is 7.38. The van der Waals surface area contributed by atoms with Gasteiger partial charge in [0.25, 0.3) is 5.56 Å². The number of rotatable bonds is 4. The van der Waals surface area contributed by atoms with Crippen molar-refractivity contribution in [3.05, 3.63) is 75.1 Å². The number of halogens is 1. The van der Waals surface area contributed by atoms with Gasteiger partial charge in [-0.3, -0.25) is 14.6 Å². The number of hydrogen-bond donors (Lipinski definition) is 2. The van der Waals surface area contributed by atoms with Crippen molar-refractivity contribution in [2.45, 2.75) is 26.3 Å². The van der Waals surface area contributed by atoms with Crippen LogP contribution in [0.5, 0.6) is 0 Å². The number of fused-ring (bicyclic) bond motifs is 1. The molecule has 0 aliphatic heterocycles. The van der Waals surface area contributed by atoms with Crippen LogP contribution >= 0.6 is 0 Å². The van der Waals surface area contributed by atoms with Gasteiger partial charge in [0.15, 0.2) is 0 Å². The first-order valence-corrected chi connectivity index (χ1v) is 8.35. The van der Waals surface area contributed by atoms with Crippen LogP contribution in [0.4, 0.5) is 4.39 Å². The molecule has 0 unspecified atom stereocenters. The van der Waals surface area contributed by atoms with Gasteiger partial charge in [-0.2, -0.15) is 5.26 Å². The molecule has 2 aromatic heterocycles. The number of aromatic nitrogens is 2. The smallest absolute Gasteiger partial charge is 0.252 e. The first kappa shape index (κ1) is 18.3. The van der Waals surface area contributed by atoms with Crippen molar-refractivity contribution in [3.63, 3.8) is 0 Å². The molecule has 140 valence electrons. The summed E-state index contributed by atoms with van der Waals surface area (Å²) in [5, 5.41) is 12.3. The van der Waals surface area contributed by atoms with Crippen molar-refractivity contribution in [2.24, 2.45) is 0 Å². The van der Waals surface area contributed by atoms with Crippen LogP contribution in [0.15, 0.2) is 41.3 Å². The predicted molar refractivity (Wildman–Crippen MR) is 103 cm³/mol. The average Bonchev–Trinajstić information content (AvgIpc) is 2.65. The second-order valence-electron chi connectivity index (χ2n) is 6.30. The highest BCUT2D eigenvalue weighted by molar-refractivity contribution is 5.85. The SMILES string of the molecule is Cc1c(CC(=O)N[C@H](C)c2ccc(C#N)cn2)c(=O)[nH]c2cc(F)ccc12.[HH].[HH]. The maximum atomic E-state index is 13.4. The Morgan fingerprint density at radius 1 is 1.41 bits per heavy atom. The highest BCUT2D eigenvalue weighted by Gasteiger charge is 2.16. The van der Waals surface area contributed by atoms with Gasteiger partial charge in [0.2, 0.25) is 5.91 Å². The Balaban J connectivity index is 0.00000210. The van der Waals surface area contributed by atoms with Crippen LogP contribution in [-0.2, 0) is 11.2 Å². The molecule has 0 aliphatic carbocycles. The molecule has 0 radical (unpaired) electrons. The quantitative estimate of drug-likeness (QED) is 0.739. The average molecular weight is 368 g/mol. The summed E-state index contributed by atoms with van der Waals surface area (Å²) in [5.74, 6) is -0.768. The summed E-state index contributed by atoms with van der Waals surface area (Å²) in [6, 6.07) is 9.07. The van der Waals surface area contributed by atoms with E-state index < -0.39 is 11.4 Å². The van der Waals surface area contributed by atoms with Gasteiger partial charge in [0.05, 0.1) is 29.2 Å². The van der Waals surface area contributed by atoms with Crippen molar-refractivity contribution < 1.29 is 12.0 Å². The van der Waals surface area contributed by atoms with Crippen molar-refractivity contribution in [1.29, 1.82) is 5.26 Å². The molecule has 1 atom stereocenters. The Morgan fingerprint density at radius 3 is 2.85 bits per heavy atom. The lowest BCUT2D eigenvalue weighted by Crippen LogP contribution is -2.31. The summed E-state index contributed by atoms with van der Waals surface area (Å²) in [4.78, 5) is 31.5. The number of aromatic amines is 1. The minimum Gasteiger partial charge on any atom is -0.348 e. The minimum atomic E-state index is -0.438. The molecule has 3 rings (SSSR count). The van der Waals surface area contributed by atoms with Crippen LogP contribution in [0.2, 0.25) is 0 Å². The molecule has 0 spiro atoms. The van der Waals surface area contributed by atoms with Crippen molar-refractivity contribution in [3.8, 4) is 6.07 Å². The Kier molecular flexibility index (Phi) is 4.99. The van der Waals surface area contributed by atoms with Crippen molar-refractivity contribution in [2.75, 3.05) is 0 Å². The highest BCUT2D eigenvalue weighted by atomic mass is 19.1. The Morgan fingerprint density at radius 2 is 2.19 bits per heavy atom. The molecule has 2 heterocycles. The highest BCUT2D eigenvalue weighted by Crippen LogP contribution is 2.19. The molecule has 2 N–H and O–H groups in total. The molecule has 0 saturated carbocycles. The standard InChI is InChI=1S/C20H17FN4O2.2H2/c1-11-15-5-4-14(21)7-18(15)25-20(27)16(11)8-19(26)24-12(2)17-6-3-13(9-22)10-23-17;;/h3-7,10,12H,8H2,1-2H3,(H,24,26)(H,25,27);2*1H/t12-;;/m1../s1. The molecular weight excluding hydrogens is 347 g/mol. The third-order valence-corrected chi connectivity index (χ3v) is 4.43. The topological polar surface area (TPSA) is 98.6 Å². The fourth-order valence-electron chi connectivity index (χ4n) is 2.94. The van der Waals surface area contributed by atoms with Gasteiger partial charge >= 0.3 is 0 Å². The van der Waals surface area contributed by atoms with Gasteiger partial charge < -0.3 is 10.3 Å². The molecule has 3 aromatic rings. The zero-order chi connectivity index (χ0) is 19.6. The van der Waals surface area contributed by atoms with Gasteiger partial charge in [0.1, 0.15) is 11.9 Å². The zero-order valence-electron chi connectivity index (χ0n) is 14.8. The zero-order valence-corrected chi connectivity index (χ0v) is 14.8. The van der Waals surface area contributed by atoms with Gasteiger partial charge in [0, 0.05) is 20.0 Å². The summed E-state index contributed by atoms with van der Waals surface area (Å²) in [6.45, 7) is 3.51. The summed E-state index contributed by atoms with van der Waals surface area (Å²) in [5.41, 5.74) is 2.02. The summed E-state index contributed by atoms with van der Waals surface area (Å²) in [6.07, 6.45) is 1.34. The number of hydrogen-bond acceptors (Lipinski definition) is 4. The van der Waals surface area contributed by atoms with Crippen LogP contribution in [-0.4, -0.2) is 15.9 Å². The summed E-state index contributed by atoms with van der Waals surface area (Å²) < 4.78 is 13.4. The second-order valence-corrected chi connectivity index (χ2v) is 6.30. The van der Waals surface area contributed by atoms with E-state index in [0.29, 0.717) is 33.3 Å². The van der Waals surface area contributed by atoms with Crippen molar-refractivity contribution in [1.82, 2.24) is 15.3 Å². The fraction of sp³-hybridized carbons (Fsp3) is 0.200. The Bertz CT molecular complexity index is 1120. The maximum Gasteiger partial charge on any atom is 0.252 e. The van der Waals surface area contributed by atoms with Crippen LogP contribution in [0.25, 0.3) is 10.9 Å². The fourth-order valence-corrected chi connectivity index (χ4v) is 2.94. The number of benzene rings is 1. The van der Waals surface area contributed by atoms with E-state index in [1.54, 1.807) is 32.0 Å². The third-order valence-electron chi connectivity index (χ3n) is 4.43. The molecular formula is C20H21FN4O2. The van der Waals surface area contributed by atoms with E-state index in [4.69, 9.17) is 5.26 Å². The molecule has 0 saturated heterocycles. The van der Waals surface area contributed by atoms with Crippen LogP contribution in [0.1, 0.15) is 38.2 Å². The minimum absolute atomic E-state index is 0.